The number of fused-ring (bicyclic) bond motifs is 3. The molecule has 0 saturated carbocycles. The summed E-state index contributed by atoms with van der Waals surface area (Å²) >= 11 is 6.26. The lowest BCUT2D eigenvalue weighted by Crippen LogP contribution is -2.07. The standard InChI is InChI=1S/C25H22ClN5O2S/c1-3-17-8-11-20(12-9-17)34(32,33)25-24-28-23(27-15-18-6-4-16(2)5-7-18)21-14-19(26)10-13-22(21)31(24)30-29-25/h4-14H,3,15H2,1-2H3,(H,27,28). The van der Waals surface area contributed by atoms with Crippen molar-refractivity contribution in [3.8, 4) is 0 Å². The summed E-state index contributed by atoms with van der Waals surface area (Å²) in [6, 6.07) is 20.2. The van der Waals surface area contributed by atoms with Crippen molar-refractivity contribution in [2.24, 2.45) is 0 Å². The van der Waals surface area contributed by atoms with Crippen molar-refractivity contribution in [1.82, 2.24) is 19.8 Å². The van der Waals surface area contributed by atoms with E-state index in [1.54, 1.807) is 42.5 Å². The van der Waals surface area contributed by atoms with Gasteiger partial charge in [-0.3, -0.25) is 0 Å². The number of hydrogen-bond donors (Lipinski definition) is 1. The van der Waals surface area contributed by atoms with Crippen molar-refractivity contribution in [2.45, 2.75) is 36.7 Å². The molecule has 0 aliphatic rings. The average Bonchev–Trinajstić information content (AvgIpc) is 3.28. The maximum absolute atomic E-state index is 13.4. The number of aromatic nitrogens is 4. The van der Waals surface area contributed by atoms with Crippen LogP contribution in [-0.4, -0.2) is 28.2 Å². The molecule has 5 rings (SSSR count). The van der Waals surface area contributed by atoms with E-state index in [0.717, 1.165) is 17.5 Å². The summed E-state index contributed by atoms with van der Waals surface area (Å²) < 4.78 is 28.3. The summed E-state index contributed by atoms with van der Waals surface area (Å²) in [5, 5.41) is 12.6. The van der Waals surface area contributed by atoms with Crippen LogP contribution in [0.25, 0.3) is 16.6 Å². The molecule has 0 radical (unpaired) electrons. The predicted molar refractivity (Wildman–Crippen MR) is 133 cm³/mol. The second-order valence-electron chi connectivity index (χ2n) is 8.09. The highest BCUT2D eigenvalue weighted by Gasteiger charge is 2.27. The molecule has 2 heterocycles. The molecule has 0 fully saturated rings. The quantitative estimate of drug-likeness (QED) is 0.349. The van der Waals surface area contributed by atoms with E-state index in [1.165, 1.54) is 10.1 Å². The van der Waals surface area contributed by atoms with Crippen LogP contribution in [0.15, 0.2) is 76.7 Å². The zero-order valence-electron chi connectivity index (χ0n) is 18.7. The molecule has 0 aliphatic carbocycles. The van der Waals surface area contributed by atoms with Crippen molar-refractivity contribution in [1.29, 1.82) is 0 Å². The normalized spacial score (nSPS) is 11.9. The lowest BCUT2D eigenvalue weighted by molar-refractivity contribution is 0.592. The number of nitrogens with zero attached hydrogens (tertiary/aromatic N) is 4. The molecule has 0 bridgehead atoms. The van der Waals surface area contributed by atoms with Gasteiger partial charge in [-0.2, -0.15) is 4.52 Å². The lowest BCUT2D eigenvalue weighted by atomic mass is 10.1. The van der Waals surface area contributed by atoms with E-state index < -0.39 is 9.84 Å². The summed E-state index contributed by atoms with van der Waals surface area (Å²) in [6.45, 7) is 4.56. The van der Waals surface area contributed by atoms with Gasteiger partial charge in [-0.25, -0.2) is 13.4 Å². The first kappa shape index (κ1) is 22.3. The summed E-state index contributed by atoms with van der Waals surface area (Å²) in [4.78, 5) is 4.80. The molecule has 34 heavy (non-hydrogen) atoms. The predicted octanol–water partition coefficient (Wildman–Crippen LogP) is 5.25. The van der Waals surface area contributed by atoms with Crippen LogP contribution in [0.1, 0.15) is 23.6 Å². The lowest BCUT2D eigenvalue weighted by Gasteiger charge is -2.11. The van der Waals surface area contributed by atoms with E-state index in [-0.39, 0.29) is 15.6 Å². The first-order valence-corrected chi connectivity index (χ1v) is 12.7. The van der Waals surface area contributed by atoms with Gasteiger partial charge in [0.15, 0.2) is 5.65 Å². The number of halogens is 1. The molecule has 0 spiro atoms. The summed E-state index contributed by atoms with van der Waals surface area (Å²) in [6.07, 6.45) is 0.821. The monoisotopic (exact) mass is 491 g/mol. The second-order valence-corrected chi connectivity index (χ2v) is 10.4. The maximum Gasteiger partial charge on any atom is 0.229 e. The van der Waals surface area contributed by atoms with Gasteiger partial charge in [0.05, 0.1) is 10.4 Å². The molecule has 5 aromatic rings. The fraction of sp³-hybridized carbons (Fsp3) is 0.160. The van der Waals surface area contributed by atoms with Gasteiger partial charge < -0.3 is 5.32 Å². The Morgan fingerprint density at radius 1 is 0.971 bits per heavy atom. The molecule has 0 aliphatic heterocycles. The second kappa shape index (κ2) is 8.70. The minimum Gasteiger partial charge on any atom is -0.365 e. The molecular formula is C25H22ClN5O2S. The van der Waals surface area contributed by atoms with Gasteiger partial charge in [0, 0.05) is 17.0 Å². The van der Waals surface area contributed by atoms with E-state index in [4.69, 9.17) is 11.6 Å². The largest absolute Gasteiger partial charge is 0.365 e. The van der Waals surface area contributed by atoms with Gasteiger partial charge in [-0.15, -0.1) is 5.10 Å². The van der Waals surface area contributed by atoms with Gasteiger partial charge in [0.25, 0.3) is 0 Å². The number of sulfone groups is 1. The molecule has 0 amide bonds. The number of anilines is 1. The van der Waals surface area contributed by atoms with Crippen molar-refractivity contribution in [3.63, 3.8) is 0 Å². The Bertz CT molecular complexity index is 1610. The Balaban J connectivity index is 1.64. The number of rotatable bonds is 6. The molecule has 3 aromatic carbocycles. The van der Waals surface area contributed by atoms with E-state index >= 15 is 0 Å². The van der Waals surface area contributed by atoms with Crippen LogP contribution in [0.5, 0.6) is 0 Å². The Labute approximate surface area is 202 Å². The SMILES string of the molecule is CCc1ccc(S(=O)(=O)c2nnn3c2nc(NCc2ccc(C)cc2)c2cc(Cl)ccc23)cc1. The zero-order valence-corrected chi connectivity index (χ0v) is 20.2. The van der Waals surface area contributed by atoms with Crippen LogP contribution >= 0.6 is 11.6 Å². The maximum atomic E-state index is 13.4. The Morgan fingerprint density at radius 3 is 2.38 bits per heavy atom. The highest BCUT2D eigenvalue weighted by atomic mass is 35.5. The van der Waals surface area contributed by atoms with E-state index in [1.807, 2.05) is 38.1 Å². The summed E-state index contributed by atoms with van der Waals surface area (Å²) in [5.41, 5.74) is 4.10. The molecule has 7 nitrogen and oxygen atoms in total. The molecular weight excluding hydrogens is 470 g/mol. The Hall–Kier alpha value is -3.49. The topological polar surface area (TPSA) is 89.2 Å². The smallest absolute Gasteiger partial charge is 0.229 e. The average molecular weight is 492 g/mol. The van der Waals surface area contributed by atoms with Crippen molar-refractivity contribution >= 4 is 43.8 Å². The van der Waals surface area contributed by atoms with Crippen molar-refractivity contribution in [3.05, 3.63) is 88.4 Å². The summed E-state index contributed by atoms with van der Waals surface area (Å²) in [7, 11) is -3.92. The third-order valence-electron chi connectivity index (χ3n) is 5.75. The molecule has 0 saturated heterocycles. The van der Waals surface area contributed by atoms with Crippen molar-refractivity contribution < 1.29 is 8.42 Å². The van der Waals surface area contributed by atoms with Crippen LogP contribution < -0.4 is 5.32 Å². The number of benzene rings is 3. The van der Waals surface area contributed by atoms with Crippen LogP contribution in [0.3, 0.4) is 0 Å². The van der Waals surface area contributed by atoms with E-state index in [2.05, 4.69) is 20.6 Å². The van der Waals surface area contributed by atoms with Gasteiger partial charge in [-0.05, 0) is 54.8 Å². The molecule has 1 N–H and O–H groups in total. The van der Waals surface area contributed by atoms with Gasteiger partial charge in [0.1, 0.15) is 5.82 Å². The number of nitrogens with one attached hydrogen (secondary N) is 1. The van der Waals surface area contributed by atoms with Crippen LogP contribution in [-0.2, 0) is 22.8 Å². The van der Waals surface area contributed by atoms with Gasteiger partial charge >= 0.3 is 0 Å². The number of aryl methyl sites for hydroxylation is 2. The van der Waals surface area contributed by atoms with Crippen LogP contribution in [0.4, 0.5) is 5.82 Å². The molecule has 2 aromatic heterocycles. The molecule has 9 heteroatoms. The Kier molecular flexibility index (Phi) is 5.71. The van der Waals surface area contributed by atoms with Gasteiger partial charge in [0.2, 0.25) is 14.9 Å². The third kappa shape index (κ3) is 3.99. The fourth-order valence-corrected chi connectivity index (χ4v) is 5.19. The van der Waals surface area contributed by atoms with Gasteiger partial charge in [-0.1, -0.05) is 65.7 Å². The molecule has 0 unspecified atom stereocenters. The molecule has 172 valence electrons. The highest BCUT2D eigenvalue weighted by molar-refractivity contribution is 7.91. The third-order valence-corrected chi connectivity index (χ3v) is 7.65. The van der Waals surface area contributed by atoms with Crippen LogP contribution in [0, 0.1) is 6.92 Å². The zero-order chi connectivity index (χ0) is 23.9. The van der Waals surface area contributed by atoms with Crippen LogP contribution in [0.2, 0.25) is 5.02 Å². The minimum absolute atomic E-state index is 0.152. The first-order valence-electron chi connectivity index (χ1n) is 10.8. The molecule has 0 atom stereocenters. The number of hydrogen-bond acceptors (Lipinski definition) is 6. The first-order chi connectivity index (χ1) is 16.4. The van der Waals surface area contributed by atoms with E-state index in [0.29, 0.717) is 28.3 Å². The Morgan fingerprint density at radius 2 is 1.68 bits per heavy atom. The minimum atomic E-state index is -3.92. The fourth-order valence-electron chi connectivity index (χ4n) is 3.79. The summed E-state index contributed by atoms with van der Waals surface area (Å²) in [5.74, 6) is 0.505. The highest BCUT2D eigenvalue weighted by Crippen LogP contribution is 2.30. The van der Waals surface area contributed by atoms with Crippen molar-refractivity contribution in [2.75, 3.05) is 5.32 Å². The van der Waals surface area contributed by atoms with E-state index in [9.17, 15) is 8.42 Å².